The summed E-state index contributed by atoms with van der Waals surface area (Å²) in [7, 11) is 0. The zero-order valence-electron chi connectivity index (χ0n) is 12.5. The first kappa shape index (κ1) is 15.8. The Balaban J connectivity index is 1.62. The van der Waals surface area contributed by atoms with Gasteiger partial charge in [0.05, 0.1) is 5.92 Å². The van der Waals surface area contributed by atoms with Gasteiger partial charge in [0.1, 0.15) is 5.82 Å². The van der Waals surface area contributed by atoms with E-state index in [0.717, 1.165) is 31.5 Å². The molecule has 22 heavy (non-hydrogen) atoms. The lowest BCUT2D eigenvalue weighted by Crippen LogP contribution is -2.37. The van der Waals surface area contributed by atoms with Gasteiger partial charge in [0, 0.05) is 13.1 Å². The Kier molecular flexibility index (Phi) is 4.19. The number of hydrogen-bond donors (Lipinski definition) is 0. The molecule has 5 heteroatoms. The van der Waals surface area contributed by atoms with Crippen LogP contribution in [0.1, 0.15) is 37.7 Å². The number of likely N-dealkylation sites (tertiary alicyclic amines) is 1. The summed E-state index contributed by atoms with van der Waals surface area (Å²) in [5.41, 5.74) is 0.847. The van der Waals surface area contributed by atoms with E-state index in [2.05, 4.69) is 4.90 Å². The minimum atomic E-state index is -4.06. The summed E-state index contributed by atoms with van der Waals surface area (Å²) in [4.78, 5) is 2.21. The van der Waals surface area contributed by atoms with Gasteiger partial charge in [-0.3, -0.25) is 4.90 Å². The molecule has 0 radical (unpaired) electrons. The predicted octanol–water partition coefficient (Wildman–Crippen LogP) is 4.77. The van der Waals surface area contributed by atoms with Crippen molar-refractivity contribution in [1.29, 1.82) is 0 Å². The van der Waals surface area contributed by atoms with Crippen molar-refractivity contribution < 1.29 is 17.6 Å². The van der Waals surface area contributed by atoms with Gasteiger partial charge in [-0.2, -0.15) is 13.2 Å². The van der Waals surface area contributed by atoms with Gasteiger partial charge < -0.3 is 0 Å². The molecule has 1 aliphatic carbocycles. The van der Waals surface area contributed by atoms with E-state index in [4.69, 9.17) is 0 Å². The number of alkyl halides is 3. The molecular formula is C17H21F4N. The van der Waals surface area contributed by atoms with Gasteiger partial charge in [-0.1, -0.05) is 18.6 Å². The topological polar surface area (TPSA) is 3.24 Å². The first-order chi connectivity index (χ1) is 10.4. The Hall–Kier alpha value is -1.10. The molecule has 1 aromatic rings. The molecule has 1 saturated carbocycles. The molecule has 0 amide bonds. The molecule has 1 heterocycles. The maximum Gasteiger partial charge on any atom is 0.391 e. The normalized spacial score (nSPS) is 30.1. The molecule has 2 atom stereocenters. The fraction of sp³-hybridized carbons (Fsp3) is 0.647. The van der Waals surface area contributed by atoms with Crippen LogP contribution in [0, 0.1) is 17.2 Å². The molecule has 0 N–H and O–H groups in total. The molecule has 1 aromatic carbocycles. The second kappa shape index (κ2) is 5.84. The first-order valence-corrected chi connectivity index (χ1v) is 7.90. The monoisotopic (exact) mass is 315 g/mol. The van der Waals surface area contributed by atoms with Crippen LogP contribution in [0.4, 0.5) is 17.6 Å². The molecule has 0 unspecified atom stereocenters. The van der Waals surface area contributed by atoms with Crippen LogP contribution in [-0.4, -0.2) is 24.2 Å². The van der Waals surface area contributed by atoms with Crippen molar-refractivity contribution in [2.24, 2.45) is 11.3 Å². The van der Waals surface area contributed by atoms with E-state index >= 15 is 0 Å². The maximum atomic E-state index is 13.0. The second-order valence-electron chi connectivity index (χ2n) is 6.92. The van der Waals surface area contributed by atoms with Crippen molar-refractivity contribution in [2.45, 2.75) is 44.8 Å². The van der Waals surface area contributed by atoms with Crippen LogP contribution < -0.4 is 0 Å². The highest BCUT2D eigenvalue weighted by Crippen LogP contribution is 2.50. The van der Waals surface area contributed by atoms with E-state index in [9.17, 15) is 17.6 Å². The number of halogens is 4. The van der Waals surface area contributed by atoms with Crippen molar-refractivity contribution in [1.82, 2.24) is 4.90 Å². The Bertz CT molecular complexity index is 510. The van der Waals surface area contributed by atoms with Crippen LogP contribution in [0.15, 0.2) is 24.3 Å². The SMILES string of the molecule is Fc1ccc(CN2CC[C@]3(CCC[C@H](C(F)(F)F)C3)C2)cc1. The molecule has 0 aromatic heterocycles. The van der Waals surface area contributed by atoms with E-state index in [1.54, 1.807) is 12.1 Å². The van der Waals surface area contributed by atoms with E-state index in [0.29, 0.717) is 13.0 Å². The van der Waals surface area contributed by atoms with Crippen LogP contribution >= 0.6 is 0 Å². The van der Waals surface area contributed by atoms with Gasteiger partial charge in [0.15, 0.2) is 0 Å². The molecule has 0 bridgehead atoms. The van der Waals surface area contributed by atoms with Crippen molar-refractivity contribution in [3.8, 4) is 0 Å². The van der Waals surface area contributed by atoms with Crippen LogP contribution in [0.3, 0.4) is 0 Å². The predicted molar refractivity (Wildman–Crippen MR) is 76.7 cm³/mol. The van der Waals surface area contributed by atoms with Gasteiger partial charge in [0.2, 0.25) is 0 Å². The zero-order chi connectivity index (χ0) is 15.8. The van der Waals surface area contributed by atoms with E-state index in [1.165, 1.54) is 12.1 Å². The molecule has 122 valence electrons. The first-order valence-electron chi connectivity index (χ1n) is 7.90. The maximum absolute atomic E-state index is 13.0. The van der Waals surface area contributed by atoms with Gasteiger partial charge >= 0.3 is 6.18 Å². The molecule has 1 aliphatic heterocycles. The van der Waals surface area contributed by atoms with Gasteiger partial charge in [-0.05, 0) is 55.3 Å². The molecule has 1 saturated heterocycles. The summed E-state index contributed by atoms with van der Waals surface area (Å²) < 4.78 is 52.0. The van der Waals surface area contributed by atoms with E-state index in [1.807, 2.05) is 0 Å². The smallest absolute Gasteiger partial charge is 0.299 e. The quantitative estimate of drug-likeness (QED) is 0.711. The Morgan fingerprint density at radius 1 is 1.14 bits per heavy atom. The fourth-order valence-corrected chi connectivity index (χ4v) is 4.11. The van der Waals surface area contributed by atoms with Crippen molar-refractivity contribution in [2.75, 3.05) is 13.1 Å². The summed E-state index contributed by atoms with van der Waals surface area (Å²) in [6, 6.07) is 6.36. The molecule has 2 fully saturated rings. The van der Waals surface area contributed by atoms with Crippen LogP contribution in [0.5, 0.6) is 0 Å². The largest absolute Gasteiger partial charge is 0.391 e. The number of nitrogens with zero attached hydrogens (tertiary/aromatic N) is 1. The number of benzene rings is 1. The highest BCUT2D eigenvalue weighted by Gasteiger charge is 2.49. The Morgan fingerprint density at radius 3 is 2.55 bits per heavy atom. The lowest BCUT2D eigenvalue weighted by molar-refractivity contribution is -0.191. The summed E-state index contributed by atoms with van der Waals surface area (Å²) in [6.07, 6.45) is -1.08. The molecule has 1 spiro atoms. The highest BCUT2D eigenvalue weighted by molar-refractivity contribution is 5.16. The zero-order valence-corrected chi connectivity index (χ0v) is 12.5. The van der Waals surface area contributed by atoms with Crippen LogP contribution in [0.2, 0.25) is 0 Å². The number of rotatable bonds is 2. The summed E-state index contributed by atoms with van der Waals surface area (Å²) >= 11 is 0. The summed E-state index contributed by atoms with van der Waals surface area (Å²) in [5.74, 6) is -1.39. The average Bonchev–Trinajstić information content (AvgIpc) is 2.83. The lowest BCUT2D eigenvalue weighted by atomic mass is 9.69. The third-order valence-corrected chi connectivity index (χ3v) is 5.24. The Labute approximate surface area is 128 Å². The van der Waals surface area contributed by atoms with Crippen LogP contribution in [0.25, 0.3) is 0 Å². The van der Waals surface area contributed by atoms with E-state index < -0.39 is 12.1 Å². The second-order valence-corrected chi connectivity index (χ2v) is 6.92. The minimum Gasteiger partial charge on any atom is -0.299 e. The third kappa shape index (κ3) is 3.45. The minimum absolute atomic E-state index is 0.168. The third-order valence-electron chi connectivity index (χ3n) is 5.24. The summed E-state index contributed by atoms with van der Waals surface area (Å²) in [5, 5.41) is 0. The van der Waals surface area contributed by atoms with Gasteiger partial charge in [-0.25, -0.2) is 4.39 Å². The van der Waals surface area contributed by atoms with Gasteiger partial charge in [-0.15, -0.1) is 0 Å². The average molecular weight is 315 g/mol. The standard InChI is InChI=1S/C17H21F4N/c18-15-5-3-13(4-6-15)11-22-9-8-16(12-22)7-1-2-14(10-16)17(19,20)21/h3-6,14H,1-2,7-12H2/t14-,16-/m0/s1. The van der Waals surface area contributed by atoms with Crippen molar-refractivity contribution in [3.63, 3.8) is 0 Å². The fourth-order valence-electron chi connectivity index (χ4n) is 4.11. The Morgan fingerprint density at radius 2 is 1.86 bits per heavy atom. The summed E-state index contributed by atoms with van der Waals surface area (Å²) in [6.45, 7) is 2.26. The van der Waals surface area contributed by atoms with Gasteiger partial charge in [0.25, 0.3) is 0 Å². The van der Waals surface area contributed by atoms with Crippen molar-refractivity contribution >= 4 is 0 Å². The molecule has 1 nitrogen and oxygen atoms in total. The molecule has 2 aliphatic rings. The lowest BCUT2D eigenvalue weighted by Gasteiger charge is -2.39. The molecule has 3 rings (SSSR count). The van der Waals surface area contributed by atoms with Crippen LogP contribution in [-0.2, 0) is 6.54 Å². The van der Waals surface area contributed by atoms with E-state index in [-0.39, 0.29) is 24.1 Å². The van der Waals surface area contributed by atoms with Crippen molar-refractivity contribution in [3.05, 3.63) is 35.6 Å². The highest BCUT2D eigenvalue weighted by atomic mass is 19.4. The number of hydrogen-bond acceptors (Lipinski definition) is 1. The molecular weight excluding hydrogens is 294 g/mol.